The molecule has 1 aliphatic rings. The summed E-state index contributed by atoms with van der Waals surface area (Å²) >= 11 is 1.32. The number of hydrogen-bond donors (Lipinski definition) is 3. The molecule has 0 unspecified atom stereocenters. The van der Waals surface area contributed by atoms with Crippen LogP contribution in [0.5, 0.6) is 0 Å². The molecule has 3 amide bonds. The van der Waals surface area contributed by atoms with Gasteiger partial charge in [-0.1, -0.05) is 6.07 Å². The van der Waals surface area contributed by atoms with Crippen LogP contribution in [0.15, 0.2) is 23.8 Å². The third-order valence-electron chi connectivity index (χ3n) is 3.91. The van der Waals surface area contributed by atoms with Gasteiger partial charge in [-0.15, -0.1) is 11.3 Å². The molecule has 0 bridgehead atoms. The fraction of sp³-hybridized carbons (Fsp3) is 0.400. The number of carbonyl (C=O) groups excluding carboxylic acids is 3. The molecule has 2 atom stereocenters. The van der Waals surface area contributed by atoms with Crippen molar-refractivity contribution in [3.8, 4) is 0 Å². The Bertz CT molecular complexity index is 745. The van der Waals surface area contributed by atoms with Gasteiger partial charge in [-0.3, -0.25) is 19.5 Å². The molecular weight excluding hydrogens is 344 g/mol. The number of aromatic nitrogens is 3. The number of amides is 3. The molecule has 3 rings (SSSR count). The highest BCUT2D eigenvalue weighted by atomic mass is 32.1. The molecule has 0 spiro atoms. The summed E-state index contributed by atoms with van der Waals surface area (Å²) in [6.07, 6.45) is 1.59. The Morgan fingerprint density at radius 1 is 1.44 bits per heavy atom. The van der Waals surface area contributed by atoms with Crippen LogP contribution < -0.4 is 10.6 Å². The standard InChI is InChI=1S/C15H18N6O3S/c1-2-16-13(22)10-6-9(19-14(23)12-17-8-18-20-12)7-21(10)15(24)11-4-3-5-25-11/h3-5,8-10H,2,6-7H2,1H3,(H,16,22)(H,19,23)(H,17,18,20)/t9-,10-/m0/s1. The van der Waals surface area contributed by atoms with Gasteiger partial charge in [0.25, 0.3) is 11.8 Å². The quantitative estimate of drug-likeness (QED) is 0.692. The summed E-state index contributed by atoms with van der Waals surface area (Å²) in [5, 5.41) is 13.5. The normalized spacial score (nSPS) is 19.6. The van der Waals surface area contributed by atoms with Crippen molar-refractivity contribution < 1.29 is 14.4 Å². The number of H-pyrrole nitrogens is 1. The lowest BCUT2D eigenvalue weighted by molar-refractivity contribution is -0.124. The first-order valence-electron chi connectivity index (χ1n) is 7.88. The number of aromatic amines is 1. The summed E-state index contributed by atoms with van der Waals surface area (Å²) in [4.78, 5) is 43.1. The van der Waals surface area contributed by atoms with E-state index in [1.807, 2.05) is 12.3 Å². The summed E-state index contributed by atoms with van der Waals surface area (Å²) in [5.74, 6) is -0.744. The first-order valence-corrected chi connectivity index (χ1v) is 8.76. The third-order valence-corrected chi connectivity index (χ3v) is 4.77. The molecule has 25 heavy (non-hydrogen) atoms. The molecule has 3 heterocycles. The zero-order valence-electron chi connectivity index (χ0n) is 13.6. The van der Waals surface area contributed by atoms with Crippen LogP contribution in [-0.2, 0) is 4.79 Å². The average Bonchev–Trinajstić information content (AvgIpc) is 3.34. The molecule has 3 N–H and O–H groups in total. The number of hydrogen-bond acceptors (Lipinski definition) is 6. The van der Waals surface area contributed by atoms with E-state index < -0.39 is 11.9 Å². The largest absolute Gasteiger partial charge is 0.355 e. The molecule has 0 saturated carbocycles. The van der Waals surface area contributed by atoms with Gasteiger partial charge in [-0.25, -0.2) is 4.98 Å². The van der Waals surface area contributed by atoms with Crippen molar-refractivity contribution in [1.29, 1.82) is 0 Å². The van der Waals surface area contributed by atoms with E-state index in [-0.39, 0.29) is 30.2 Å². The molecular formula is C15H18N6O3S. The summed E-state index contributed by atoms with van der Waals surface area (Å²) in [6.45, 7) is 2.56. The molecule has 2 aromatic heterocycles. The maximum absolute atomic E-state index is 12.7. The van der Waals surface area contributed by atoms with Crippen LogP contribution >= 0.6 is 11.3 Å². The summed E-state index contributed by atoms with van der Waals surface area (Å²) in [7, 11) is 0. The summed E-state index contributed by atoms with van der Waals surface area (Å²) in [6, 6.07) is 2.56. The number of thiophene rings is 1. The van der Waals surface area contributed by atoms with Gasteiger partial charge in [0.05, 0.1) is 4.88 Å². The molecule has 2 aromatic rings. The Morgan fingerprint density at radius 3 is 2.92 bits per heavy atom. The number of nitrogens with one attached hydrogen (secondary N) is 3. The molecule has 0 aromatic carbocycles. The zero-order chi connectivity index (χ0) is 17.8. The molecule has 9 nitrogen and oxygen atoms in total. The number of rotatable bonds is 5. The maximum Gasteiger partial charge on any atom is 0.288 e. The zero-order valence-corrected chi connectivity index (χ0v) is 14.4. The first kappa shape index (κ1) is 17.1. The minimum atomic E-state index is -0.616. The summed E-state index contributed by atoms with van der Waals surface area (Å²) < 4.78 is 0. The van der Waals surface area contributed by atoms with Crippen molar-refractivity contribution in [2.45, 2.75) is 25.4 Å². The van der Waals surface area contributed by atoms with Crippen LogP contribution in [0.2, 0.25) is 0 Å². The highest BCUT2D eigenvalue weighted by Crippen LogP contribution is 2.23. The van der Waals surface area contributed by atoms with Gasteiger partial charge >= 0.3 is 0 Å². The van der Waals surface area contributed by atoms with Gasteiger partial charge in [0.1, 0.15) is 12.4 Å². The fourth-order valence-electron chi connectivity index (χ4n) is 2.82. The minimum Gasteiger partial charge on any atom is -0.355 e. The lowest BCUT2D eigenvalue weighted by Gasteiger charge is -2.22. The number of likely N-dealkylation sites (N-methyl/N-ethyl adjacent to an activating group) is 1. The molecule has 1 fully saturated rings. The van der Waals surface area contributed by atoms with Crippen molar-refractivity contribution in [3.63, 3.8) is 0 Å². The first-order chi connectivity index (χ1) is 12.1. The van der Waals surface area contributed by atoms with Gasteiger partial charge in [-0.2, -0.15) is 5.10 Å². The number of carbonyl (C=O) groups is 3. The second kappa shape index (κ2) is 7.43. The van der Waals surface area contributed by atoms with Gasteiger partial charge < -0.3 is 15.5 Å². The van der Waals surface area contributed by atoms with E-state index in [4.69, 9.17) is 0 Å². The number of nitrogens with zero attached hydrogens (tertiary/aromatic N) is 3. The fourth-order valence-corrected chi connectivity index (χ4v) is 3.49. The predicted molar refractivity (Wildman–Crippen MR) is 90.1 cm³/mol. The van der Waals surface area contributed by atoms with Gasteiger partial charge in [0.15, 0.2) is 0 Å². The molecule has 0 radical (unpaired) electrons. The Kier molecular flexibility index (Phi) is 5.08. The minimum absolute atomic E-state index is 0.0950. The smallest absolute Gasteiger partial charge is 0.288 e. The molecule has 1 saturated heterocycles. The van der Waals surface area contributed by atoms with Crippen molar-refractivity contribution in [1.82, 2.24) is 30.7 Å². The van der Waals surface area contributed by atoms with Crippen molar-refractivity contribution in [2.75, 3.05) is 13.1 Å². The van der Waals surface area contributed by atoms with Crippen LogP contribution in [0, 0.1) is 0 Å². The topological polar surface area (TPSA) is 120 Å². The molecule has 1 aliphatic heterocycles. The predicted octanol–water partition coefficient (Wildman–Crippen LogP) is 0.0154. The highest BCUT2D eigenvalue weighted by molar-refractivity contribution is 7.12. The van der Waals surface area contributed by atoms with Gasteiger partial charge in [0.2, 0.25) is 11.7 Å². The molecule has 0 aliphatic carbocycles. The van der Waals surface area contributed by atoms with E-state index in [0.29, 0.717) is 17.8 Å². The van der Waals surface area contributed by atoms with E-state index in [2.05, 4.69) is 25.8 Å². The lowest BCUT2D eigenvalue weighted by Crippen LogP contribution is -2.45. The second-order valence-electron chi connectivity index (χ2n) is 5.59. The van der Waals surface area contributed by atoms with E-state index in [1.54, 1.807) is 12.1 Å². The van der Waals surface area contributed by atoms with Crippen molar-refractivity contribution in [2.24, 2.45) is 0 Å². The molecule has 10 heteroatoms. The van der Waals surface area contributed by atoms with Crippen LogP contribution in [0.4, 0.5) is 0 Å². The highest BCUT2D eigenvalue weighted by Gasteiger charge is 2.40. The van der Waals surface area contributed by atoms with Crippen LogP contribution in [0.25, 0.3) is 0 Å². The molecule has 132 valence electrons. The monoisotopic (exact) mass is 362 g/mol. The number of likely N-dealkylation sites (tertiary alicyclic amines) is 1. The van der Waals surface area contributed by atoms with Gasteiger partial charge in [-0.05, 0) is 24.8 Å². The van der Waals surface area contributed by atoms with E-state index in [9.17, 15) is 14.4 Å². The van der Waals surface area contributed by atoms with Crippen LogP contribution in [0.1, 0.15) is 33.6 Å². The lowest BCUT2D eigenvalue weighted by atomic mass is 10.1. The van der Waals surface area contributed by atoms with Gasteiger partial charge in [0, 0.05) is 19.1 Å². The Hall–Kier alpha value is -2.75. The van der Waals surface area contributed by atoms with E-state index >= 15 is 0 Å². The van der Waals surface area contributed by atoms with E-state index in [1.165, 1.54) is 22.6 Å². The SMILES string of the molecule is CCNC(=O)[C@@H]1C[C@H](NC(=O)c2ncn[nH]2)CN1C(=O)c1cccs1. The Morgan fingerprint density at radius 2 is 2.28 bits per heavy atom. The third kappa shape index (κ3) is 3.68. The van der Waals surface area contributed by atoms with Crippen molar-refractivity contribution in [3.05, 3.63) is 34.5 Å². The van der Waals surface area contributed by atoms with Crippen LogP contribution in [-0.4, -0.2) is 63.0 Å². The second-order valence-corrected chi connectivity index (χ2v) is 6.53. The Labute approximate surface area is 147 Å². The maximum atomic E-state index is 12.7. The van der Waals surface area contributed by atoms with Crippen LogP contribution in [0.3, 0.4) is 0 Å². The Balaban J connectivity index is 1.74. The average molecular weight is 362 g/mol. The van der Waals surface area contributed by atoms with Crippen molar-refractivity contribution >= 4 is 29.1 Å². The van der Waals surface area contributed by atoms with E-state index in [0.717, 1.165) is 0 Å². The summed E-state index contributed by atoms with van der Waals surface area (Å²) in [5.41, 5.74) is 0.